The molecule has 0 atom stereocenters. The molecule has 6 heteroatoms. The zero-order chi connectivity index (χ0) is 8.91. The van der Waals surface area contributed by atoms with Gasteiger partial charge in [-0.25, -0.2) is 4.57 Å². The van der Waals surface area contributed by atoms with Gasteiger partial charge in [-0.2, -0.15) is 0 Å². The van der Waals surface area contributed by atoms with Crippen molar-refractivity contribution in [2.75, 3.05) is 14.2 Å². The molecule has 0 heterocycles. The Bertz CT molecular complexity index is 179. The number of allylic oxidation sites excluding steroid dienone is 1. The molecule has 0 aromatic carbocycles. The van der Waals surface area contributed by atoms with Gasteiger partial charge in [-0.1, -0.05) is 11.6 Å². The molecule has 4 nitrogen and oxygen atoms in total. The monoisotopic (exact) mass is 200 g/mol. The minimum Gasteiger partial charge on any atom is -0.411 e. The Labute approximate surface area is 70.7 Å². The molecule has 0 aliphatic heterocycles. The Morgan fingerprint density at radius 3 is 2.18 bits per heavy atom. The van der Waals surface area contributed by atoms with Crippen molar-refractivity contribution in [3.05, 3.63) is 11.3 Å². The van der Waals surface area contributed by atoms with E-state index in [4.69, 9.17) is 11.6 Å². The summed E-state index contributed by atoms with van der Waals surface area (Å²) in [6.07, 6.45) is 1.11. The van der Waals surface area contributed by atoms with Crippen LogP contribution in [0, 0.1) is 0 Å². The molecule has 0 spiro atoms. The Morgan fingerprint density at radius 2 is 1.91 bits per heavy atom. The van der Waals surface area contributed by atoms with Crippen LogP contribution in [0.2, 0.25) is 0 Å². The topological polar surface area (TPSA) is 44.8 Å². The number of rotatable bonds is 4. The maximum atomic E-state index is 11.1. The molecule has 0 N–H and O–H groups in total. The van der Waals surface area contributed by atoms with Crippen LogP contribution in [0.15, 0.2) is 11.3 Å². The zero-order valence-electron chi connectivity index (χ0n) is 6.54. The predicted molar refractivity (Wildman–Crippen MR) is 42.3 cm³/mol. The van der Waals surface area contributed by atoms with Gasteiger partial charge in [-0.15, -0.1) is 0 Å². The van der Waals surface area contributed by atoms with Crippen LogP contribution in [0.25, 0.3) is 0 Å². The van der Waals surface area contributed by atoms with Crippen molar-refractivity contribution in [3.63, 3.8) is 0 Å². The van der Waals surface area contributed by atoms with Crippen molar-refractivity contribution in [3.8, 4) is 0 Å². The van der Waals surface area contributed by atoms with E-state index in [1.165, 1.54) is 14.2 Å². The molecule has 0 aliphatic carbocycles. The van der Waals surface area contributed by atoms with Gasteiger partial charge in [-0.05, 0) is 6.92 Å². The molecule has 0 radical (unpaired) electrons. The average Bonchev–Trinajstić information content (AvgIpc) is 2.00. The zero-order valence-corrected chi connectivity index (χ0v) is 8.19. The Morgan fingerprint density at radius 1 is 1.45 bits per heavy atom. The summed E-state index contributed by atoms with van der Waals surface area (Å²) in [6, 6.07) is 0. The summed E-state index contributed by atoms with van der Waals surface area (Å²) in [5.74, 6) is 0. The molecule has 0 aromatic heterocycles. The van der Waals surface area contributed by atoms with Gasteiger partial charge in [0.05, 0.1) is 5.03 Å². The number of phosphoric ester groups is 1. The van der Waals surface area contributed by atoms with Gasteiger partial charge in [0.1, 0.15) is 6.26 Å². The lowest BCUT2D eigenvalue weighted by Gasteiger charge is -2.10. The molecule has 0 aliphatic rings. The Balaban J connectivity index is 4.10. The SMILES string of the molecule is COP(=O)(OC)O/C=C(\C)Cl. The van der Waals surface area contributed by atoms with Crippen LogP contribution < -0.4 is 0 Å². The molecule has 0 saturated carbocycles. The first-order valence-electron chi connectivity index (χ1n) is 2.76. The molecule has 0 amide bonds. The fraction of sp³-hybridized carbons (Fsp3) is 0.600. The second kappa shape index (κ2) is 4.78. The van der Waals surface area contributed by atoms with Crippen molar-refractivity contribution in [2.45, 2.75) is 6.92 Å². The highest BCUT2D eigenvalue weighted by Gasteiger charge is 2.22. The molecule has 66 valence electrons. The molecular weight excluding hydrogens is 190 g/mol. The van der Waals surface area contributed by atoms with Gasteiger partial charge < -0.3 is 4.52 Å². The van der Waals surface area contributed by atoms with Gasteiger partial charge in [0.2, 0.25) is 0 Å². The first kappa shape index (κ1) is 11.0. The van der Waals surface area contributed by atoms with E-state index in [1.54, 1.807) is 6.92 Å². The van der Waals surface area contributed by atoms with E-state index in [-0.39, 0.29) is 0 Å². The smallest absolute Gasteiger partial charge is 0.411 e. The van der Waals surface area contributed by atoms with Crippen molar-refractivity contribution >= 4 is 19.4 Å². The second-order valence-electron chi connectivity index (χ2n) is 1.62. The van der Waals surface area contributed by atoms with Gasteiger partial charge in [0, 0.05) is 14.2 Å². The van der Waals surface area contributed by atoms with Crippen LogP contribution >= 0.6 is 19.4 Å². The van der Waals surface area contributed by atoms with Crippen LogP contribution in [0.5, 0.6) is 0 Å². The third-order valence-corrected chi connectivity index (χ3v) is 2.14. The summed E-state index contributed by atoms with van der Waals surface area (Å²) >= 11 is 5.40. The van der Waals surface area contributed by atoms with Gasteiger partial charge >= 0.3 is 7.82 Å². The minimum absolute atomic E-state index is 0.360. The van der Waals surface area contributed by atoms with Crippen molar-refractivity contribution in [1.82, 2.24) is 0 Å². The second-order valence-corrected chi connectivity index (χ2v) is 4.05. The average molecular weight is 201 g/mol. The molecule has 0 rings (SSSR count). The van der Waals surface area contributed by atoms with Crippen molar-refractivity contribution in [2.24, 2.45) is 0 Å². The fourth-order valence-electron chi connectivity index (χ4n) is 0.298. The van der Waals surface area contributed by atoms with E-state index < -0.39 is 7.82 Å². The van der Waals surface area contributed by atoms with E-state index in [0.717, 1.165) is 6.26 Å². The lowest BCUT2D eigenvalue weighted by atomic mass is 10.7. The summed E-state index contributed by atoms with van der Waals surface area (Å²) < 4.78 is 24.6. The standard InChI is InChI=1S/C5H10ClO4P/c1-5(6)4-10-11(7,8-2)9-3/h4H,1-3H3/b5-4+. The highest BCUT2D eigenvalue weighted by atomic mass is 35.5. The first-order valence-corrected chi connectivity index (χ1v) is 4.60. The highest BCUT2D eigenvalue weighted by molar-refractivity contribution is 7.48. The molecule has 0 unspecified atom stereocenters. The van der Waals surface area contributed by atoms with Crippen LogP contribution in [0.1, 0.15) is 6.92 Å². The van der Waals surface area contributed by atoms with Gasteiger partial charge in [0.15, 0.2) is 0 Å². The fourth-order valence-corrected chi connectivity index (χ4v) is 1.01. The quantitative estimate of drug-likeness (QED) is 0.517. The third kappa shape index (κ3) is 4.43. The maximum Gasteiger partial charge on any atom is 0.528 e. The number of hydrogen-bond donors (Lipinski definition) is 0. The molecule has 0 aromatic rings. The Hall–Kier alpha value is -0.0200. The van der Waals surface area contributed by atoms with Crippen LogP contribution in [0.4, 0.5) is 0 Å². The van der Waals surface area contributed by atoms with Crippen LogP contribution in [-0.4, -0.2) is 14.2 Å². The summed E-state index contributed by atoms with van der Waals surface area (Å²) in [5.41, 5.74) is 0. The molecule has 0 fully saturated rings. The lowest BCUT2D eigenvalue weighted by Crippen LogP contribution is -1.89. The minimum atomic E-state index is -3.40. The van der Waals surface area contributed by atoms with Gasteiger partial charge in [0.25, 0.3) is 0 Å². The number of halogens is 1. The van der Waals surface area contributed by atoms with Crippen LogP contribution in [-0.2, 0) is 18.1 Å². The van der Waals surface area contributed by atoms with Crippen molar-refractivity contribution < 1.29 is 18.1 Å². The number of phosphoric acid groups is 1. The largest absolute Gasteiger partial charge is 0.528 e. The lowest BCUT2D eigenvalue weighted by molar-refractivity contribution is 0.193. The van der Waals surface area contributed by atoms with E-state index in [1.807, 2.05) is 0 Å². The van der Waals surface area contributed by atoms with Crippen LogP contribution in [0.3, 0.4) is 0 Å². The van der Waals surface area contributed by atoms with E-state index in [0.29, 0.717) is 5.03 Å². The molecule has 0 saturated heterocycles. The molecule has 0 bridgehead atoms. The first-order chi connectivity index (χ1) is 5.04. The molecular formula is C5H10ClO4P. The summed E-state index contributed by atoms with van der Waals surface area (Å²) in [5, 5.41) is 0.360. The maximum absolute atomic E-state index is 11.1. The summed E-state index contributed by atoms with van der Waals surface area (Å²) in [4.78, 5) is 0. The Kier molecular flexibility index (Phi) is 4.77. The summed E-state index contributed by atoms with van der Waals surface area (Å²) in [6.45, 7) is 1.58. The third-order valence-electron chi connectivity index (χ3n) is 0.791. The van der Waals surface area contributed by atoms with Crippen molar-refractivity contribution in [1.29, 1.82) is 0 Å². The highest BCUT2D eigenvalue weighted by Crippen LogP contribution is 2.48. The van der Waals surface area contributed by atoms with E-state index >= 15 is 0 Å². The van der Waals surface area contributed by atoms with E-state index in [9.17, 15) is 4.57 Å². The normalized spacial score (nSPS) is 13.3. The van der Waals surface area contributed by atoms with E-state index in [2.05, 4.69) is 13.6 Å². The predicted octanol–water partition coefficient (Wildman–Crippen LogP) is 2.50. The summed E-state index contributed by atoms with van der Waals surface area (Å²) in [7, 11) is -0.948. The van der Waals surface area contributed by atoms with Gasteiger partial charge in [-0.3, -0.25) is 9.05 Å². The number of hydrogen-bond acceptors (Lipinski definition) is 4. The molecule has 11 heavy (non-hydrogen) atoms.